The van der Waals surface area contributed by atoms with Crippen LogP contribution in [0.15, 0.2) is 18.2 Å². The lowest BCUT2D eigenvalue weighted by Gasteiger charge is -2.14. The second-order valence-corrected chi connectivity index (χ2v) is 3.44. The van der Waals surface area contributed by atoms with Gasteiger partial charge in [-0.05, 0) is 18.2 Å². The molecule has 90 valence electrons. The van der Waals surface area contributed by atoms with Crippen LogP contribution in [-0.2, 0) is 15.5 Å². The number of carbonyl (C=O) groups is 2. The zero-order chi connectivity index (χ0) is 12.5. The maximum Gasteiger partial charge on any atom is 0.331 e. The lowest BCUT2D eigenvalue weighted by Crippen LogP contribution is -2.26. The third kappa shape index (κ3) is 1.98. The molecule has 0 radical (unpaired) electrons. The van der Waals surface area contributed by atoms with Gasteiger partial charge < -0.3 is 14.3 Å². The Hall–Kier alpha value is -1.98. The van der Waals surface area contributed by atoms with Crippen molar-refractivity contribution in [2.45, 2.75) is 12.3 Å². The van der Waals surface area contributed by atoms with Crippen molar-refractivity contribution >= 4 is 12.1 Å². The van der Waals surface area contributed by atoms with Crippen molar-refractivity contribution < 1.29 is 27.8 Å². The predicted molar refractivity (Wildman–Crippen MR) is 52.1 cm³/mol. The molecule has 4 nitrogen and oxygen atoms in total. The summed E-state index contributed by atoms with van der Waals surface area (Å²) in [6, 6.07) is 3.43. The first kappa shape index (κ1) is 11.5. The molecule has 17 heavy (non-hydrogen) atoms. The SMILES string of the molecule is O=CCC(=O)C(F)(F)c1ccc2c(c1)OCO2. The number of ketones is 1. The molecule has 0 amide bonds. The number of carbonyl (C=O) groups excluding carboxylic acids is 2. The Morgan fingerprint density at radius 3 is 2.76 bits per heavy atom. The van der Waals surface area contributed by atoms with E-state index in [-0.39, 0.29) is 18.8 Å². The van der Waals surface area contributed by atoms with Gasteiger partial charge in [-0.15, -0.1) is 0 Å². The Kier molecular flexibility index (Phi) is 2.79. The number of hydrogen-bond acceptors (Lipinski definition) is 4. The van der Waals surface area contributed by atoms with E-state index in [1.54, 1.807) is 0 Å². The number of benzene rings is 1. The van der Waals surface area contributed by atoms with Gasteiger partial charge in [-0.25, -0.2) is 0 Å². The van der Waals surface area contributed by atoms with E-state index in [2.05, 4.69) is 0 Å². The van der Waals surface area contributed by atoms with E-state index in [9.17, 15) is 18.4 Å². The van der Waals surface area contributed by atoms with E-state index in [1.165, 1.54) is 6.07 Å². The summed E-state index contributed by atoms with van der Waals surface area (Å²) in [5.41, 5.74) is -0.506. The van der Waals surface area contributed by atoms with Crippen molar-refractivity contribution in [3.05, 3.63) is 23.8 Å². The molecule has 1 aromatic rings. The molecule has 0 N–H and O–H groups in total. The summed E-state index contributed by atoms with van der Waals surface area (Å²) in [5.74, 6) is -4.61. The van der Waals surface area contributed by atoms with Gasteiger partial charge >= 0.3 is 5.92 Å². The minimum absolute atomic E-state index is 0.0351. The Bertz CT molecular complexity index is 471. The van der Waals surface area contributed by atoms with Crippen molar-refractivity contribution in [3.63, 3.8) is 0 Å². The largest absolute Gasteiger partial charge is 0.454 e. The first-order chi connectivity index (χ1) is 8.05. The number of halogens is 2. The second-order valence-electron chi connectivity index (χ2n) is 3.44. The third-order valence-corrected chi connectivity index (χ3v) is 2.35. The highest BCUT2D eigenvalue weighted by molar-refractivity contribution is 5.95. The van der Waals surface area contributed by atoms with E-state index in [0.717, 1.165) is 12.1 Å². The minimum atomic E-state index is -3.69. The van der Waals surface area contributed by atoms with Gasteiger partial charge in [0, 0.05) is 5.56 Å². The van der Waals surface area contributed by atoms with Crippen LogP contribution in [0.1, 0.15) is 12.0 Å². The molecule has 0 aliphatic carbocycles. The van der Waals surface area contributed by atoms with Gasteiger partial charge in [-0.3, -0.25) is 4.79 Å². The van der Waals surface area contributed by atoms with Gasteiger partial charge in [0.15, 0.2) is 11.5 Å². The number of Topliss-reactive ketones (excluding diaryl/α,β-unsaturated/α-hetero) is 1. The quantitative estimate of drug-likeness (QED) is 0.595. The Morgan fingerprint density at radius 1 is 1.35 bits per heavy atom. The highest BCUT2D eigenvalue weighted by Gasteiger charge is 2.40. The van der Waals surface area contributed by atoms with Gasteiger partial charge in [0.05, 0.1) is 6.42 Å². The summed E-state index contributed by atoms with van der Waals surface area (Å²) in [5, 5.41) is 0. The molecule has 6 heteroatoms. The van der Waals surface area contributed by atoms with Crippen molar-refractivity contribution in [1.29, 1.82) is 0 Å². The van der Waals surface area contributed by atoms with E-state index < -0.39 is 23.7 Å². The van der Waals surface area contributed by atoms with Crippen LogP contribution in [0.2, 0.25) is 0 Å². The van der Waals surface area contributed by atoms with Gasteiger partial charge in [0.25, 0.3) is 0 Å². The minimum Gasteiger partial charge on any atom is -0.454 e. The van der Waals surface area contributed by atoms with Gasteiger partial charge in [0.2, 0.25) is 12.6 Å². The summed E-state index contributed by atoms with van der Waals surface area (Å²) in [6.45, 7) is -0.0351. The molecule has 0 aromatic heterocycles. The topological polar surface area (TPSA) is 52.6 Å². The van der Waals surface area contributed by atoms with Crippen molar-refractivity contribution in [2.75, 3.05) is 6.79 Å². The summed E-state index contributed by atoms with van der Waals surface area (Å²) in [7, 11) is 0. The highest BCUT2D eigenvalue weighted by Crippen LogP contribution is 2.38. The van der Waals surface area contributed by atoms with Crippen LogP contribution < -0.4 is 9.47 Å². The molecule has 0 atom stereocenters. The van der Waals surface area contributed by atoms with E-state index >= 15 is 0 Å². The molecule has 0 fully saturated rings. The van der Waals surface area contributed by atoms with Crippen LogP contribution in [0, 0.1) is 0 Å². The monoisotopic (exact) mass is 242 g/mol. The molecular weight excluding hydrogens is 234 g/mol. The van der Waals surface area contributed by atoms with Crippen molar-refractivity contribution in [1.82, 2.24) is 0 Å². The molecular formula is C11H8F2O4. The lowest BCUT2D eigenvalue weighted by atomic mass is 10.0. The first-order valence-corrected chi connectivity index (χ1v) is 4.80. The number of rotatable bonds is 4. The fourth-order valence-electron chi connectivity index (χ4n) is 1.46. The van der Waals surface area contributed by atoms with E-state index in [4.69, 9.17) is 9.47 Å². The molecule has 0 bridgehead atoms. The molecule has 0 spiro atoms. The number of ether oxygens (including phenoxy) is 2. The molecule has 1 aliphatic heterocycles. The Balaban J connectivity index is 2.33. The molecule has 1 heterocycles. The molecule has 0 saturated heterocycles. The smallest absolute Gasteiger partial charge is 0.331 e. The zero-order valence-corrected chi connectivity index (χ0v) is 8.61. The van der Waals surface area contributed by atoms with Crippen LogP contribution in [0.4, 0.5) is 8.78 Å². The Morgan fingerprint density at radius 2 is 2.06 bits per heavy atom. The third-order valence-electron chi connectivity index (χ3n) is 2.35. The predicted octanol–water partition coefficient (Wildman–Crippen LogP) is 1.67. The molecule has 1 aromatic carbocycles. The second kappa shape index (κ2) is 4.12. The number of hydrogen-bond donors (Lipinski definition) is 0. The van der Waals surface area contributed by atoms with Gasteiger partial charge in [-0.1, -0.05) is 0 Å². The standard InChI is InChI=1S/C11H8F2O4/c12-11(13,10(15)3-4-14)7-1-2-8-9(5-7)17-6-16-8/h1-2,4-5H,3,6H2. The average molecular weight is 242 g/mol. The summed E-state index contributed by atoms with van der Waals surface area (Å²) in [4.78, 5) is 21.2. The maximum atomic E-state index is 13.6. The van der Waals surface area contributed by atoms with Crippen molar-refractivity contribution in [3.8, 4) is 11.5 Å². The zero-order valence-electron chi connectivity index (χ0n) is 8.61. The van der Waals surface area contributed by atoms with Crippen LogP contribution in [0.25, 0.3) is 0 Å². The fraction of sp³-hybridized carbons (Fsp3) is 0.273. The maximum absolute atomic E-state index is 13.6. The normalized spacial score (nSPS) is 13.5. The first-order valence-electron chi connectivity index (χ1n) is 4.80. The van der Waals surface area contributed by atoms with Crippen LogP contribution in [0.3, 0.4) is 0 Å². The molecule has 2 rings (SSSR count). The van der Waals surface area contributed by atoms with Gasteiger partial charge in [-0.2, -0.15) is 8.78 Å². The number of alkyl halides is 2. The van der Waals surface area contributed by atoms with E-state index in [0.29, 0.717) is 5.75 Å². The summed E-state index contributed by atoms with van der Waals surface area (Å²) in [6.07, 6.45) is -0.662. The Labute approximate surface area is 95.1 Å². The number of fused-ring (bicyclic) bond motifs is 1. The fourth-order valence-corrected chi connectivity index (χ4v) is 1.46. The van der Waals surface area contributed by atoms with Crippen LogP contribution in [0.5, 0.6) is 11.5 Å². The average Bonchev–Trinajstić information content (AvgIpc) is 2.76. The summed E-state index contributed by atoms with van der Waals surface area (Å²) >= 11 is 0. The molecule has 0 saturated carbocycles. The van der Waals surface area contributed by atoms with Crippen LogP contribution >= 0.6 is 0 Å². The lowest BCUT2D eigenvalue weighted by molar-refractivity contribution is -0.145. The van der Waals surface area contributed by atoms with Gasteiger partial charge in [0.1, 0.15) is 6.29 Å². The number of aldehydes is 1. The summed E-state index contributed by atoms with van der Waals surface area (Å²) < 4.78 is 37.1. The highest BCUT2D eigenvalue weighted by atomic mass is 19.3. The van der Waals surface area contributed by atoms with Crippen LogP contribution in [-0.4, -0.2) is 18.9 Å². The van der Waals surface area contributed by atoms with Crippen molar-refractivity contribution in [2.24, 2.45) is 0 Å². The molecule has 0 unspecified atom stereocenters. The van der Waals surface area contributed by atoms with E-state index in [1.807, 2.05) is 0 Å². The molecule has 1 aliphatic rings.